The van der Waals surface area contributed by atoms with Crippen LogP contribution in [0.4, 0.5) is 0 Å². The summed E-state index contributed by atoms with van der Waals surface area (Å²) in [4.78, 5) is 1.23. The average molecular weight is 248 g/mol. The normalized spacial score (nSPS) is 15.6. The highest BCUT2D eigenvalue weighted by molar-refractivity contribution is 7.16. The van der Waals surface area contributed by atoms with Gasteiger partial charge in [-0.2, -0.15) is 0 Å². The van der Waals surface area contributed by atoms with Crippen molar-refractivity contribution in [1.29, 1.82) is 0 Å². The molecule has 0 saturated heterocycles. The van der Waals surface area contributed by atoms with Crippen molar-refractivity contribution < 1.29 is 4.74 Å². The number of hydrogen-bond acceptors (Lipinski definition) is 3. The Bertz CT molecular complexity index is 301. The first-order valence-corrected chi connectivity index (χ1v) is 6.25. The van der Waals surface area contributed by atoms with E-state index in [4.69, 9.17) is 16.3 Å². The molecule has 0 saturated carbocycles. The minimum Gasteiger partial charge on any atom is -0.379 e. The van der Waals surface area contributed by atoms with Crippen molar-refractivity contribution in [3.8, 4) is 0 Å². The number of hydrogen-bond donors (Lipinski definition) is 1. The van der Waals surface area contributed by atoms with Crippen molar-refractivity contribution in [3.63, 3.8) is 0 Å². The van der Waals surface area contributed by atoms with Gasteiger partial charge in [0.2, 0.25) is 0 Å². The highest BCUT2D eigenvalue weighted by atomic mass is 35.5. The molecule has 2 unspecified atom stereocenters. The maximum absolute atomic E-state index is 5.94. The van der Waals surface area contributed by atoms with Crippen LogP contribution in [-0.4, -0.2) is 20.3 Å². The number of thiophene rings is 1. The predicted octanol–water partition coefficient (Wildman–Crippen LogP) is 3.33. The highest BCUT2D eigenvalue weighted by Crippen LogP contribution is 2.31. The van der Waals surface area contributed by atoms with Crippen molar-refractivity contribution in [2.24, 2.45) is 5.92 Å². The SMILES string of the molecule is CNC(c1ccc(Cl)s1)C(OC)C(C)C. The first-order chi connectivity index (χ1) is 7.10. The smallest absolute Gasteiger partial charge is 0.0931 e. The van der Waals surface area contributed by atoms with Crippen molar-refractivity contribution in [2.45, 2.75) is 26.0 Å². The summed E-state index contributed by atoms with van der Waals surface area (Å²) in [5.74, 6) is 0.466. The van der Waals surface area contributed by atoms with Gasteiger partial charge in [0, 0.05) is 12.0 Å². The summed E-state index contributed by atoms with van der Waals surface area (Å²) >= 11 is 7.54. The summed E-state index contributed by atoms with van der Waals surface area (Å²) in [6.45, 7) is 4.32. The number of ether oxygens (including phenoxy) is 1. The van der Waals surface area contributed by atoms with Crippen molar-refractivity contribution in [3.05, 3.63) is 21.3 Å². The molecule has 0 aliphatic heterocycles. The molecule has 4 heteroatoms. The predicted molar refractivity (Wildman–Crippen MR) is 66.8 cm³/mol. The van der Waals surface area contributed by atoms with Crippen LogP contribution in [0.1, 0.15) is 24.8 Å². The first-order valence-electron chi connectivity index (χ1n) is 5.05. The molecule has 0 amide bonds. The van der Waals surface area contributed by atoms with E-state index in [1.54, 1.807) is 18.4 Å². The quantitative estimate of drug-likeness (QED) is 0.862. The summed E-state index contributed by atoms with van der Waals surface area (Å²) in [5.41, 5.74) is 0. The summed E-state index contributed by atoms with van der Waals surface area (Å²) in [7, 11) is 3.71. The zero-order valence-electron chi connectivity index (χ0n) is 9.58. The van der Waals surface area contributed by atoms with Gasteiger partial charge in [-0.05, 0) is 25.1 Å². The van der Waals surface area contributed by atoms with E-state index in [-0.39, 0.29) is 12.1 Å². The van der Waals surface area contributed by atoms with Gasteiger partial charge in [-0.25, -0.2) is 0 Å². The van der Waals surface area contributed by atoms with Gasteiger partial charge in [-0.1, -0.05) is 25.4 Å². The van der Waals surface area contributed by atoms with E-state index in [0.717, 1.165) is 4.34 Å². The molecule has 1 N–H and O–H groups in total. The Balaban J connectivity index is 2.86. The standard InChI is InChI=1S/C11H18ClNOS/c1-7(2)11(14-4)10(13-3)8-5-6-9(12)15-8/h5-7,10-11,13H,1-4H3. The molecular formula is C11H18ClNOS. The maximum Gasteiger partial charge on any atom is 0.0931 e. The molecule has 0 fully saturated rings. The molecule has 0 radical (unpaired) electrons. The Hall–Kier alpha value is -0.0900. The molecule has 0 bridgehead atoms. The Kier molecular flexibility index (Phi) is 5.06. The number of likely N-dealkylation sites (N-methyl/N-ethyl adjacent to an activating group) is 1. The van der Waals surface area contributed by atoms with E-state index in [1.807, 2.05) is 13.1 Å². The molecule has 2 atom stereocenters. The molecule has 0 aliphatic rings. The zero-order chi connectivity index (χ0) is 11.4. The van der Waals surface area contributed by atoms with E-state index in [1.165, 1.54) is 4.88 Å². The van der Waals surface area contributed by atoms with Gasteiger partial charge in [0.05, 0.1) is 16.5 Å². The van der Waals surface area contributed by atoms with E-state index < -0.39 is 0 Å². The summed E-state index contributed by atoms with van der Waals surface area (Å²) in [5, 5.41) is 3.29. The maximum atomic E-state index is 5.94. The van der Waals surface area contributed by atoms with Gasteiger partial charge in [0.1, 0.15) is 0 Å². The van der Waals surface area contributed by atoms with Gasteiger partial charge < -0.3 is 10.1 Å². The van der Waals surface area contributed by atoms with E-state index >= 15 is 0 Å². The first kappa shape index (κ1) is 13.0. The Morgan fingerprint density at radius 1 is 1.40 bits per heavy atom. The third kappa shape index (κ3) is 3.18. The molecule has 0 aliphatic carbocycles. The highest BCUT2D eigenvalue weighted by Gasteiger charge is 2.25. The second kappa shape index (κ2) is 5.85. The fraction of sp³-hybridized carbons (Fsp3) is 0.636. The summed E-state index contributed by atoms with van der Waals surface area (Å²) < 4.78 is 6.35. The van der Waals surface area contributed by atoms with Crippen LogP contribution in [0.15, 0.2) is 12.1 Å². The lowest BCUT2D eigenvalue weighted by Gasteiger charge is -2.27. The Morgan fingerprint density at radius 3 is 2.40 bits per heavy atom. The lowest BCUT2D eigenvalue weighted by Crippen LogP contribution is -2.34. The average Bonchev–Trinajstić information content (AvgIpc) is 2.60. The molecule has 0 aromatic carbocycles. The van der Waals surface area contributed by atoms with Crippen molar-refractivity contribution in [1.82, 2.24) is 5.32 Å². The van der Waals surface area contributed by atoms with Crippen molar-refractivity contribution >= 4 is 22.9 Å². The van der Waals surface area contributed by atoms with Crippen LogP contribution < -0.4 is 5.32 Å². The monoisotopic (exact) mass is 247 g/mol. The van der Waals surface area contributed by atoms with E-state index in [9.17, 15) is 0 Å². The molecule has 86 valence electrons. The Morgan fingerprint density at radius 2 is 2.07 bits per heavy atom. The molecule has 1 heterocycles. The molecule has 1 rings (SSSR count). The minimum absolute atomic E-state index is 0.171. The lowest BCUT2D eigenvalue weighted by molar-refractivity contribution is 0.0358. The van der Waals surface area contributed by atoms with Crippen LogP contribution >= 0.6 is 22.9 Å². The summed E-state index contributed by atoms with van der Waals surface area (Å²) in [6.07, 6.45) is 0.171. The number of methoxy groups -OCH3 is 1. The number of rotatable bonds is 5. The summed E-state index contributed by atoms with van der Waals surface area (Å²) in [6, 6.07) is 4.20. The second-order valence-corrected chi connectivity index (χ2v) is 5.60. The Labute approximate surface area is 101 Å². The molecule has 2 nitrogen and oxygen atoms in total. The van der Waals surface area contributed by atoms with Crippen LogP contribution in [0.25, 0.3) is 0 Å². The van der Waals surface area contributed by atoms with Crippen LogP contribution in [-0.2, 0) is 4.74 Å². The minimum atomic E-state index is 0.171. The molecule has 15 heavy (non-hydrogen) atoms. The number of halogens is 1. The van der Waals surface area contributed by atoms with E-state index in [2.05, 4.69) is 25.2 Å². The molecule has 1 aromatic rings. The van der Waals surface area contributed by atoms with Gasteiger partial charge in [-0.3, -0.25) is 0 Å². The van der Waals surface area contributed by atoms with Crippen LogP contribution in [0.2, 0.25) is 4.34 Å². The molecular weight excluding hydrogens is 230 g/mol. The van der Waals surface area contributed by atoms with Crippen LogP contribution in [0.5, 0.6) is 0 Å². The largest absolute Gasteiger partial charge is 0.379 e. The van der Waals surface area contributed by atoms with Crippen LogP contribution in [0.3, 0.4) is 0 Å². The third-order valence-corrected chi connectivity index (χ3v) is 3.78. The molecule has 1 aromatic heterocycles. The molecule has 0 spiro atoms. The van der Waals surface area contributed by atoms with Crippen LogP contribution in [0, 0.1) is 5.92 Å². The van der Waals surface area contributed by atoms with Gasteiger partial charge >= 0.3 is 0 Å². The van der Waals surface area contributed by atoms with Gasteiger partial charge in [0.15, 0.2) is 0 Å². The van der Waals surface area contributed by atoms with Crippen molar-refractivity contribution in [2.75, 3.05) is 14.2 Å². The second-order valence-electron chi connectivity index (χ2n) is 3.85. The number of nitrogens with one attached hydrogen (secondary N) is 1. The van der Waals surface area contributed by atoms with Gasteiger partial charge in [0.25, 0.3) is 0 Å². The zero-order valence-corrected chi connectivity index (χ0v) is 11.2. The fourth-order valence-electron chi connectivity index (χ4n) is 1.76. The lowest BCUT2D eigenvalue weighted by atomic mass is 9.98. The topological polar surface area (TPSA) is 21.3 Å². The van der Waals surface area contributed by atoms with Gasteiger partial charge in [-0.15, -0.1) is 11.3 Å². The van der Waals surface area contributed by atoms with E-state index in [0.29, 0.717) is 5.92 Å². The fourth-order valence-corrected chi connectivity index (χ4v) is 2.96. The third-order valence-electron chi connectivity index (χ3n) is 2.47.